The fourth-order valence-electron chi connectivity index (χ4n) is 5.26. The molecule has 4 fully saturated rings. The molecule has 0 amide bonds. The van der Waals surface area contributed by atoms with Crippen molar-refractivity contribution in [3.63, 3.8) is 0 Å². The van der Waals surface area contributed by atoms with Gasteiger partial charge in [0.2, 0.25) is 0 Å². The van der Waals surface area contributed by atoms with Crippen molar-refractivity contribution in [2.75, 3.05) is 19.8 Å². The number of esters is 1. The molecule has 2 atom stereocenters. The third-order valence-corrected chi connectivity index (χ3v) is 5.26. The molecule has 4 bridgehead atoms. The number of hydrogen-bond donors (Lipinski definition) is 1. The maximum Gasteiger partial charge on any atom is 0.330 e. The summed E-state index contributed by atoms with van der Waals surface area (Å²) in [5, 5.41) is 8.88. The van der Waals surface area contributed by atoms with Crippen molar-refractivity contribution in [3.05, 3.63) is 12.7 Å². The molecule has 20 heavy (non-hydrogen) atoms. The van der Waals surface area contributed by atoms with Crippen LogP contribution in [0, 0.1) is 17.3 Å². The Morgan fingerprint density at radius 3 is 2.60 bits per heavy atom. The minimum atomic E-state index is -0.293. The van der Waals surface area contributed by atoms with Crippen molar-refractivity contribution in [3.8, 4) is 0 Å². The lowest BCUT2D eigenvalue weighted by atomic mass is 9.48. The molecule has 4 saturated carbocycles. The molecule has 4 aliphatic carbocycles. The Labute approximate surface area is 120 Å². The average molecular weight is 280 g/mol. The van der Waals surface area contributed by atoms with Crippen LogP contribution in [0.5, 0.6) is 0 Å². The van der Waals surface area contributed by atoms with Crippen LogP contribution in [0.4, 0.5) is 0 Å². The molecule has 0 saturated heterocycles. The molecule has 0 aromatic carbocycles. The van der Waals surface area contributed by atoms with Crippen molar-refractivity contribution in [1.29, 1.82) is 0 Å². The van der Waals surface area contributed by atoms with E-state index in [4.69, 9.17) is 14.6 Å². The topological polar surface area (TPSA) is 55.8 Å². The van der Waals surface area contributed by atoms with Crippen LogP contribution in [0.15, 0.2) is 12.7 Å². The monoisotopic (exact) mass is 280 g/mol. The first-order valence-electron chi connectivity index (χ1n) is 7.63. The van der Waals surface area contributed by atoms with Crippen molar-refractivity contribution in [2.24, 2.45) is 17.3 Å². The van der Waals surface area contributed by atoms with Crippen LogP contribution >= 0.6 is 0 Å². The van der Waals surface area contributed by atoms with Gasteiger partial charge in [0.25, 0.3) is 0 Å². The first-order chi connectivity index (χ1) is 9.59. The van der Waals surface area contributed by atoms with E-state index >= 15 is 0 Å². The highest BCUT2D eigenvalue weighted by molar-refractivity contribution is 5.81. The van der Waals surface area contributed by atoms with Gasteiger partial charge in [0.1, 0.15) is 5.60 Å². The third kappa shape index (κ3) is 2.51. The SMILES string of the molecule is C=CC(=O)OC12CC3CC(CC(COCCO)(C3)C1)C2. The van der Waals surface area contributed by atoms with Gasteiger partial charge >= 0.3 is 5.97 Å². The lowest BCUT2D eigenvalue weighted by Gasteiger charge is -2.61. The lowest BCUT2D eigenvalue weighted by Crippen LogP contribution is -2.58. The van der Waals surface area contributed by atoms with E-state index < -0.39 is 0 Å². The van der Waals surface area contributed by atoms with Crippen molar-refractivity contribution in [2.45, 2.75) is 44.1 Å². The summed E-state index contributed by atoms with van der Waals surface area (Å²) in [6.45, 7) is 4.67. The van der Waals surface area contributed by atoms with Gasteiger partial charge in [-0.15, -0.1) is 0 Å². The normalized spacial score (nSPS) is 41.6. The van der Waals surface area contributed by atoms with Crippen LogP contribution < -0.4 is 0 Å². The first kappa shape index (κ1) is 14.1. The number of carbonyl (C=O) groups excluding carboxylic acids is 1. The van der Waals surface area contributed by atoms with E-state index in [0.717, 1.165) is 19.3 Å². The molecule has 2 unspecified atom stereocenters. The summed E-state index contributed by atoms with van der Waals surface area (Å²) < 4.78 is 11.4. The first-order valence-corrected chi connectivity index (χ1v) is 7.63. The lowest BCUT2D eigenvalue weighted by molar-refractivity contribution is -0.206. The van der Waals surface area contributed by atoms with Crippen molar-refractivity contribution in [1.82, 2.24) is 0 Å². The molecule has 4 nitrogen and oxygen atoms in total. The molecular weight excluding hydrogens is 256 g/mol. The molecule has 0 radical (unpaired) electrons. The van der Waals surface area contributed by atoms with Gasteiger partial charge in [-0.1, -0.05) is 6.58 Å². The fraction of sp³-hybridized carbons (Fsp3) is 0.812. The summed E-state index contributed by atoms with van der Waals surface area (Å²) in [5.41, 5.74) is -0.126. The van der Waals surface area contributed by atoms with Crippen LogP contribution in [-0.2, 0) is 14.3 Å². The highest BCUT2D eigenvalue weighted by Crippen LogP contribution is 2.62. The largest absolute Gasteiger partial charge is 0.456 e. The van der Waals surface area contributed by atoms with Crippen LogP contribution in [0.1, 0.15) is 38.5 Å². The standard InChI is InChI=1S/C16H24O4/c1-2-14(18)20-16-8-12-5-13(9-16)7-15(6-12,10-16)11-19-4-3-17/h2,12-13,17H,1,3-11H2. The number of hydrogen-bond acceptors (Lipinski definition) is 4. The second-order valence-corrected chi connectivity index (χ2v) is 7.05. The number of carbonyl (C=O) groups is 1. The summed E-state index contributed by atoms with van der Waals surface area (Å²) in [7, 11) is 0. The smallest absolute Gasteiger partial charge is 0.330 e. The predicted molar refractivity (Wildman–Crippen MR) is 74.0 cm³/mol. The van der Waals surface area contributed by atoms with Gasteiger partial charge in [-0.2, -0.15) is 0 Å². The second kappa shape index (κ2) is 5.15. The van der Waals surface area contributed by atoms with Crippen molar-refractivity contribution >= 4 is 5.97 Å². The van der Waals surface area contributed by atoms with E-state index in [1.54, 1.807) is 0 Å². The van der Waals surface area contributed by atoms with E-state index in [1.807, 2.05) is 0 Å². The van der Waals surface area contributed by atoms with Gasteiger partial charge < -0.3 is 14.6 Å². The van der Waals surface area contributed by atoms with E-state index in [2.05, 4.69) is 6.58 Å². The molecular formula is C16H24O4. The number of aliphatic hydroxyl groups excluding tert-OH is 1. The molecule has 0 aromatic rings. The summed E-state index contributed by atoms with van der Waals surface area (Å²) in [5.74, 6) is 1.02. The number of aliphatic hydroxyl groups is 1. The zero-order valence-electron chi connectivity index (χ0n) is 12.0. The Bertz CT molecular complexity index is 389. The Morgan fingerprint density at radius 2 is 2.00 bits per heavy atom. The molecule has 4 aliphatic rings. The third-order valence-electron chi connectivity index (χ3n) is 5.26. The minimum Gasteiger partial charge on any atom is -0.456 e. The highest BCUT2D eigenvalue weighted by Gasteiger charge is 2.59. The molecule has 4 rings (SSSR count). The van der Waals surface area contributed by atoms with Gasteiger partial charge in [0, 0.05) is 6.08 Å². The van der Waals surface area contributed by atoms with E-state index in [0.29, 0.717) is 25.0 Å². The van der Waals surface area contributed by atoms with Crippen LogP contribution in [0.25, 0.3) is 0 Å². The van der Waals surface area contributed by atoms with Gasteiger partial charge in [-0.25, -0.2) is 4.79 Å². The Balaban J connectivity index is 1.75. The molecule has 4 heteroatoms. The van der Waals surface area contributed by atoms with Crippen LogP contribution in [-0.4, -0.2) is 36.5 Å². The van der Waals surface area contributed by atoms with Gasteiger partial charge in [-0.05, 0) is 55.8 Å². The summed E-state index contributed by atoms with van der Waals surface area (Å²) in [6.07, 6.45) is 7.83. The van der Waals surface area contributed by atoms with Crippen molar-refractivity contribution < 1.29 is 19.4 Å². The number of ether oxygens (including phenoxy) is 2. The molecule has 0 heterocycles. The molecule has 0 aliphatic heterocycles. The predicted octanol–water partition coefficient (Wildman–Crippen LogP) is 2.06. The van der Waals surface area contributed by atoms with E-state index in [1.165, 1.54) is 25.3 Å². The minimum absolute atomic E-state index is 0.0690. The molecule has 0 spiro atoms. The average Bonchev–Trinajstić information content (AvgIpc) is 2.36. The quantitative estimate of drug-likeness (QED) is 0.460. The Hall–Kier alpha value is -0.870. The van der Waals surface area contributed by atoms with Gasteiger partial charge in [0.15, 0.2) is 0 Å². The molecule has 0 aromatic heterocycles. The second-order valence-electron chi connectivity index (χ2n) is 7.05. The summed E-state index contributed by atoms with van der Waals surface area (Å²) >= 11 is 0. The van der Waals surface area contributed by atoms with E-state index in [-0.39, 0.29) is 23.6 Å². The van der Waals surface area contributed by atoms with Crippen LogP contribution in [0.2, 0.25) is 0 Å². The zero-order valence-corrected chi connectivity index (χ0v) is 12.0. The maximum atomic E-state index is 11.7. The van der Waals surface area contributed by atoms with Crippen LogP contribution in [0.3, 0.4) is 0 Å². The highest BCUT2D eigenvalue weighted by atomic mass is 16.6. The Morgan fingerprint density at radius 1 is 1.30 bits per heavy atom. The Kier molecular flexibility index (Phi) is 3.63. The molecule has 1 N–H and O–H groups in total. The van der Waals surface area contributed by atoms with Gasteiger partial charge in [0.05, 0.1) is 19.8 Å². The molecule has 112 valence electrons. The number of rotatable bonds is 6. The fourth-order valence-corrected chi connectivity index (χ4v) is 5.26. The summed E-state index contributed by atoms with van der Waals surface area (Å²) in [4.78, 5) is 11.7. The maximum absolute atomic E-state index is 11.7. The van der Waals surface area contributed by atoms with E-state index in [9.17, 15) is 4.79 Å². The summed E-state index contributed by atoms with van der Waals surface area (Å²) in [6, 6.07) is 0. The zero-order chi connectivity index (χ0) is 14.2. The van der Waals surface area contributed by atoms with Gasteiger partial charge in [-0.3, -0.25) is 0 Å².